The van der Waals surface area contributed by atoms with E-state index < -0.39 is 0 Å². The van der Waals surface area contributed by atoms with Crippen LogP contribution in [-0.4, -0.2) is 22.0 Å². The molecule has 7 heteroatoms. The first-order valence-corrected chi connectivity index (χ1v) is 12.1. The van der Waals surface area contributed by atoms with Crippen LogP contribution in [0.15, 0.2) is 58.8 Å². The molecule has 3 aromatic rings. The number of amides is 2. The molecule has 0 bridgehead atoms. The van der Waals surface area contributed by atoms with Crippen LogP contribution in [0.5, 0.6) is 0 Å². The highest BCUT2D eigenvalue weighted by Gasteiger charge is 2.16. The Balaban J connectivity index is 1.52. The summed E-state index contributed by atoms with van der Waals surface area (Å²) in [6.07, 6.45) is 2.42. The van der Waals surface area contributed by atoms with Gasteiger partial charge in [-0.1, -0.05) is 43.2 Å². The Morgan fingerprint density at radius 1 is 1.06 bits per heavy atom. The van der Waals surface area contributed by atoms with E-state index >= 15 is 0 Å². The summed E-state index contributed by atoms with van der Waals surface area (Å²) in [6, 6.07) is 15.7. The third-order valence-corrected chi connectivity index (χ3v) is 6.53. The van der Waals surface area contributed by atoms with Crippen molar-refractivity contribution in [3.05, 3.63) is 59.5 Å². The summed E-state index contributed by atoms with van der Waals surface area (Å²) < 4.78 is 0. The Morgan fingerprint density at radius 3 is 2.45 bits per heavy atom. The lowest BCUT2D eigenvalue weighted by molar-refractivity contribution is -0.116. The molecular weight excluding hydrogens is 426 g/mol. The number of aryl methyl sites for hydroxylation is 1. The molecule has 0 spiro atoms. The number of benzene rings is 2. The van der Waals surface area contributed by atoms with Crippen LogP contribution in [0.25, 0.3) is 11.3 Å². The van der Waals surface area contributed by atoms with Gasteiger partial charge in [-0.25, -0.2) is 4.98 Å². The molecule has 1 aromatic heterocycles. The maximum absolute atomic E-state index is 12.6. The van der Waals surface area contributed by atoms with Gasteiger partial charge in [-0.15, -0.1) is 23.1 Å². The first kappa shape index (κ1) is 23.0. The Labute approximate surface area is 191 Å². The first-order chi connectivity index (χ1) is 14.9. The highest BCUT2D eigenvalue weighted by atomic mass is 32.2. The molecule has 0 fully saturated rings. The summed E-state index contributed by atoms with van der Waals surface area (Å²) in [5, 5.41) is 8.07. The number of nitrogens with one attached hydrogen (secondary N) is 2. The van der Waals surface area contributed by atoms with Crippen molar-refractivity contribution >= 4 is 45.7 Å². The van der Waals surface area contributed by atoms with Crippen LogP contribution in [0.3, 0.4) is 0 Å². The monoisotopic (exact) mass is 453 g/mol. The summed E-state index contributed by atoms with van der Waals surface area (Å²) >= 11 is 2.89. The molecule has 1 atom stereocenters. The van der Waals surface area contributed by atoms with Gasteiger partial charge in [0.2, 0.25) is 11.8 Å². The lowest BCUT2D eigenvalue weighted by atomic mass is 10.1. The molecule has 31 heavy (non-hydrogen) atoms. The van der Waals surface area contributed by atoms with E-state index in [1.807, 2.05) is 67.8 Å². The predicted octanol–water partition coefficient (Wildman–Crippen LogP) is 6.37. The number of aromatic nitrogens is 1. The van der Waals surface area contributed by atoms with Crippen LogP contribution >= 0.6 is 23.1 Å². The molecule has 5 nitrogen and oxygen atoms in total. The molecule has 2 aromatic carbocycles. The van der Waals surface area contributed by atoms with Crippen LogP contribution in [0.2, 0.25) is 0 Å². The normalized spacial score (nSPS) is 11.7. The summed E-state index contributed by atoms with van der Waals surface area (Å²) in [4.78, 5) is 29.9. The van der Waals surface area contributed by atoms with Crippen molar-refractivity contribution in [2.24, 2.45) is 0 Å². The van der Waals surface area contributed by atoms with Crippen molar-refractivity contribution in [2.75, 3.05) is 10.6 Å². The van der Waals surface area contributed by atoms with Gasteiger partial charge in [-0.3, -0.25) is 9.59 Å². The Kier molecular flexibility index (Phi) is 8.26. The molecule has 1 heterocycles. The van der Waals surface area contributed by atoms with E-state index in [1.54, 1.807) is 0 Å². The summed E-state index contributed by atoms with van der Waals surface area (Å²) in [7, 11) is 0. The number of thiazole rings is 1. The summed E-state index contributed by atoms with van der Waals surface area (Å²) in [5.74, 6) is -0.0600. The van der Waals surface area contributed by atoms with Crippen LogP contribution in [0.4, 0.5) is 10.8 Å². The average molecular weight is 454 g/mol. The molecule has 0 saturated heterocycles. The molecular formula is C24H27N3O2S2. The Bertz CT molecular complexity index is 1010. The Hall–Kier alpha value is -2.64. The highest BCUT2D eigenvalue weighted by molar-refractivity contribution is 8.00. The number of hydrogen-bond donors (Lipinski definition) is 2. The topological polar surface area (TPSA) is 71.1 Å². The fraction of sp³-hybridized carbons (Fsp3) is 0.292. The minimum absolute atomic E-state index is 0.0310. The molecule has 2 amide bonds. The second-order valence-electron chi connectivity index (χ2n) is 7.33. The van der Waals surface area contributed by atoms with Crippen LogP contribution < -0.4 is 10.6 Å². The molecule has 162 valence electrons. The molecule has 2 N–H and O–H groups in total. The predicted molar refractivity (Wildman–Crippen MR) is 131 cm³/mol. The summed E-state index contributed by atoms with van der Waals surface area (Å²) in [5.41, 5.74) is 3.86. The van der Waals surface area contributed by atoms with Crippen LogP contribution in [-0.2, 0) is 9.59 Å². The van der Waals surface area contributed by atoms with Gasteiger partial charge in [-0.2, -0.15) is 0 Å². The fourth-order valence-electron chi connectivity index (χ4n) is 2.83. The number of thioether (sulfide) groups is 1. The van der Waals surface area contributed by atoms with E-state index in [1.165, 1.54) is 28.7 Å². The molecule has 1 unspecified atom stereocenters. The van der Waals surface area contributed by atoms with Gasteiger partial charge in [0.05, 0.1) is 10.9 Å². The van der Waals surface area contributed by atoms with E-state index in [0.717, 1.165) is 34.7 Å². The smallest absolute Gasteiger partial charge is 0.239 e. The minimum Gasteiger partial charge on any atom is -0.326 e. The van der Waals surface area contributed by atoms with Gasteiger partial charge < -0.3 is 10.6 Å². The molecule has 3 rings (SSSR count). The zero-order valence-corrected chi connectivity index (χ0v) is 19.6. The second-order valence-corrected chi connectivity index (χ2v) is 9.60. The maximum Gasteiger partial charge on any atom is 0.239 e. The van der Waals surface area contributed by atoms with Crippen molar-refractivity contribution in [3.8, 4) is 11.3 Å². The number of rotatable bonds is 9. The second kappa shape index (κ2) is 11.1. The van der Waals surface area contributed by atoms with Crippen molar-refractivity contribution < 1.29 is 9.59 Å². The molecule has 0 aliphatic carbocycles. The van der Waals surface area contributed by atoms with Crippen molar-refractivity contribution in [1.29, 1.82) is 0 Å². The maximum atomic E-state index is 12.6. The van der Waals surface area contributed by atoms with Crippen molar-refractivity contribution in [3.63, 3.8) is 0 Å². The van der Waals surface area contributed by atoms with Gasteiger partial charge in [0, 0.05) is 27.9 Å². The van der Waals surface area contributed by atoms with E-state index in [4.69, 9.17) is 0 Å². The number of hydrogen-bond acceptors (Lipinski definition) is 5. The number of carbonyl (C=O) groups is 2. The lowest BCUT2D eigenvalue weighted by Gasteiger charge is -2.11. The highest BCUT2D eigenvalue weighted by Crippen LogP contribution is 2.28. The van der Waals surface area contributed by atoms with Crippen LogP contribution in [0.1, 0.15) is 38.7 Å². The van der Waals surface area contributed by atoms with Crippen LogP contribution in [0, 0.1) is 6.92 Å². The van der Waals surface area contributed by atoms with E-state index in [9.17, 15) is 9.59 Å². The number of unbranched alkanes of at least 4 members (excludes halogenated alkanes) is 1. The van der Waals surface area contributed by atoms with Gasteiger partial charge in [0.1, 0.15) is 0 Å². The van der Waals surface area contributed by atoms with Gasteiger partial charge in [0.25, 0.3) is 0 Å². The fourth-order valence-corrected chi connectivity index (χ4v) is 4.42. The largest absolute Gasteiger partial charge is 0.326 e. The third-order valence-electron chi connectivity index (χ3n) is 4.66. The molecule has 0 aliphatic heterocycles. The van der Waals surface area contributed by atoms with Gasteiger partial charge >= 0.3 is 0 Å². The summed E-state index contributed by atoms with van der Waals surface area (Å²) in [6.45, 7) is 5.98. The average Bonchev–Trinajstić information content (AvgIpc) is 3.22. The number of carbonyl (C=O) groups excluding carboxylic acids is 2. The molecule has 0 radical (unpaired) electrons. The standard InChI is InChI=1S/C24H27N3O2S2/c1-4-5-6-22(28)25-19-11-13-20(14-12-19)31-17(3)23(29)27-24-26-21(15-30-24)18-9-7-16(2)8-10-18/h7-15,17H,4-6H2,1-3H3,(H,25,28)(H,26,27,29). The number of anilines is 2. The molecule has 0 saturated carbocycles. The lowest BCUT2D eigenvalue weighted by Crippen LogP contribution is -2.22. The Morgan fingerprint density at radius 2 is 1.77 bits per heavy atom. The van der Waals surface area contributed by atoms with E-state index in [-0.39, 0.29) is 17.1 Å². The quantitative estimate of drug-likeness (QED) is 0.370. The number of nitrogens with zero attached hydrogens (tertiary/aromatic N) is 1. The van der Waals surface area contributed by atoms with Crippen molar-refractivity contribution in [2.45, 2.75) is 50.2 Å². The van der Waals surface area contributed by atoms with Crippen molar-refractivity contribution in [1.82, 2.24) is 4.98 Å². The SMILES string of the molecule is CCCCC(=O)Nc1ccc(SC(C)C(=O)Nc2nc(-c3ccc(C)cc3)cs2)cc1. The van der Waals surface area contributed by atoms with Gasteiger partial charge in [0.15, 0.2) is 5.13 Å². The minimum atomic E-state index is -0.281. The first-order valence-electron chi connectivity index (χ1n) is 10.3. The molecule has 0 aliphatic rings. The third kappa shape index (κ3) is 6.94. The zero-order chi connectivity index (χ0) is 22.2. The van der Waals surface area contributed by atoms with Gasteiger partial charge in [-0.05, 0) is 44.5 Å². The van der Waals surface area contributed by atoms with E-state index in [0.29, 0.717) is 11.6 Å². The van der Waals surface area contributed by atoms with E-state index in [2.05, 4.69) is 22.5 Å². The zero-order valence-electron chi connectivity index (χ0n) is 18.0.